The SMILES string of the molecule is CC(C)c1cc(SNc2ccc(CN3CCN(C(=O)OC(C)(C)C)CC3)cc2)c(O)cc1O. The van der Waals surface area contributed by atoms with Crippen LogP contribution < -0.4 is 4.72 Å². The number of piperazine rings is 1. The number of aromatic hydroxyl groups is 2. The van der Waals surface area contributed by atoms with Crippen molar-refractivity contribution in [1.82, 2.24) is 9.80 Å². The molecule has 3 N–H and O–H groups in total. The summed E-state index contributed by atoms with van der Waals surface area (Å²) in [6.45, 7) is 13.4. The van der Waals surface area contributed by atoms with E-state index >= 15 is 0 Å². The number of carbonyl (C=O) groups is 1. The molecule has 33 heavy (non-hydrogen) atoms. The molecule has 0 aliphatic carbocycles. The molecule has 0 atom stereocenters. The molecule has 180 valence electrons. The molecule has 1 aliphatic rings. The van der Waals surface area contributed by atoms with E-state index in [1.54, 1.807) is 4.90 Å². The van der Waals surface area contributed by atoms with Crippen LogP contribution in [0.25, 0.3) is 0 Å². The van der Waals surface area contributed by atoms with Gasteiger partial charge in [-0.05, 0) is 68.0 Å². The Bertz CT molecular complexity index is 949. The van der Waals surface area contributed by atoms with Gasteiger partial charge in [0, 0.05) is 44.5 Å². The summed E-state index contributed by atoms with van der Waals surface area (Å²) >= 11 is 1.32. The number of hydrogen-bond acceptors (Lipinski definition) is 7. The first-order valence-corrected chi connectivity index (χ1v) is 12.1. The fourth-order valence-electron chi connectivity index (χ4n) is 3.58. The van der Waals surface area contributed by atoms with Crippen LogP contribution in [0.3, 0.4) is 0 Å². The minimum atomic E-state index is -0.472. The van der Waals surface area contributed by atoms with Crippen molar-refractivity contribution in [3.05, 3.63) is 47.5 Å². The molecular formula is C25H35N3O4S. The first-order chi connectivity index (χ1) is 15.5. The van der Waals surface area contributed by atoms with E-state index in [0.29, 0.717) is 18.0 Å². The Labute approximate surface area is 200 Å². The van der Waals surface area contributed by atoms with Crippen molar-refractivity contribution in [1.29, 1.82) is 0 Å². The van der Waals surface area contributed by atoms with E-state index in [9.17, 15) is 15.0 Å². The third-order valence-corrected chi connectivity index (χ3v) is 6.28. The average Bonchev–Trinajstić information content (AvgIpc) is 2.73. The predicted octanol–water partition coefficient (Wildman–Crippen LogP) is 5.39. The molecule has 0 saturated carbocycles. The quantitative estimate of drug-likeness (QED) is 0.485. The maximum Gasteiger partial charge on any atom is 0.410 e. The summed E-state index contributed by atoms with van der Waals surface area (Å²) in [7, 11) is 0. The van der Waals surface area contributed by atoms with Crippen LogP contribution in [0.4, 0.5) is 10.5 Å². The van der Waals surface area contributed by atoms with Gasteiger partial charge in [-0.2, -0.15) is 0 Å². The van der Waals surface area contributed by atoms with Crippen LogP contribution >= 0.6 is 11.9 Å². The average molecular weight is 474 g/mol. The summed E-state index contributed by atoms with van der Waals surface area (Å²) in [4.78, 5) is 17.0. The number of phenolic OH excluding ortho intramolecular Hbond substituents is 2. The third-order valence-electron chi connectivity index (χ3n) is 5.39. The molecule has 0 aromatic heterocycles. The lowest BCUT2D eigenvalue weighted by atomic mass is 10.0. The number of amides is 1. The first kappa shape index (κ1) is 25.1. The number of nitrogens with zero attached hydrogens (tertiary/aromatic N) is 2. The zero-order chi connectivity index (χ0) is 24.2. The Morgan fingerprint density at radius 2 is 1.70 bits per heavy atom. The maximum absolute atomic E-state index is 12.2. The zero-order valence-electron chi connectivity index (χ0n) is 20.1. The van der Waals surface area contributed by atoms with E-state index in [1.165, 1.54) is 23.6 Å². The van der Waals surface area contributed by atoms with E-state index in [1.807, 2.05) is 52.8 Å². The molecule has 1 aliphatic heterocycles. The third kappa shape index (κ3) is 7.20. The topological polar surface area (TPSA) is 85.3 Å². The van der Waals surface area contributed by atoms with Crippen LogP contribution in [0, 0.1) is 0 Å². The van der Waals surface area contributed by atoms with E-state index in [0.717, 1.165) is 30.9 Å². The molecule has 0 radical (unpaired) electrons. The highest BCUT2D eigenvalue weighted by atomic mass is 32.2. The summed E-state index contributed by atoms with van der Waals surface area (Å²) in [6, 6.07) is 11.4. The molecule has 1 amide bonds. The number of benzene rings is 2. The second-order valence-electron chi connectivity index (χ2n) is 9.68. The van der Waals surface area contributed by atoms with Crippen molar-refractivity contribution >= 4 is 23.7 Å². The highest BCUT2D eigenvalue weighted by Crippen LogP contribution is 2.37. The highest BCUT2D eigenvalue weighted by Gasteiger charge is 2.25. The molecule has 2 aromatic rings. The molecule has 0 unspecified atom stereocenters. The van der Waals surface area contributed by atoms with E-state index in [-0.39, 0.29) is 23.5 Å². The zero-order valence-corrected chi connectivity index (χ0v) is 20.9. The predicted molar refractivity (Wildman–Crippen MR) is 133 cm³/mol. The lowest BCUT2D eigenvalue weighted by Crippen LogP contribution is -2.49. The second kappa shape index (κ2) is 10.6. The van der Waals surface area contributed by atoms with Gasteiger partial charge in [0.1, 0.15) is 17.1 Å². The number of nitrogens with one attached hydrogen (secondary N) is 1. The minimum absolute atomic E-state index is 0.0524. The Hall–Kier alpha value is -2.58. The molecule has 3 rings (SSSR count). The standard InChI is InChI=1S/C25H35N3O4S/c1-17(2)20-14-23(22(30)15-21(20)29)33-26-19-8-6-18(7-9-19)16-27-10-12-28(13-11-27)24(31)32-25(3,4)5/h6-9,14-15,17,26,29-30H,10-13,16H2,1-5H3. The molecule has 1 saturated heterocycles. The van der Waals surface area contributed by atoms with Gasteiger partial charge >= 0.3 is 6.09 Å². The number of hydrogen-bond donors (Lipinski definition) is 3. The summed E-state index contributed by atoms with van der Waals surface area (Å²) < 4.78 is 8.72. The molecule has 0 spiro atoms. The van der Waals surface area contributed by atoms with Gasteiger partial charge in [-0.25, -0.2) is 4.79 Å². The molecule has 8 heteroatoms. The van der Waals surface area contributed by atoms with Gasteiger partial charge in [0.15, 0.2) is 0 Å². The number of anilines is 1. The van der Waals surface area contributed by atoms with E-state index < -0.39 is 5.60 Å². The maximum atomic E-state index is 12.2. The molecule has 1 fully saturated rings. The largest absolute Gasteiger partial charge is 0.508 e. The van der Waals surface area contributed by atoms with Crippen LogP contribution in [-0.2, 0) is 11.3 Å². The van der Waals surface area contributed by atoms with Crippen molar-refractivity contribution in [3.63, 3.8) is 0 Å². The van der Waals surface area contributed by atoms with Crippen LogP contribution in [0.1, 0.15) is 51.7 Å². The summed E-state index contributed by atoms with van der Waals surface area (Å²) in [6.07, 6.45) is -0.241. The van der Waals surface area contributed by atoms with Crippen LogP contribution in [0.15, 0.2) is 41.3 Å². The van der Waals surface area contributed by atoms with Crippen molar-refractivity contribution in [3.8, 4) is 11.5 Å². The monoisotopic (exact) mass is 473 g/mol. The summed E-state index contributed by atoms with van der Waals surface area (Å²) in [5.74, 6) is 0.329. The van der Waals surface area contributed by atoms with Crippen molar-refractivity contribution in [2.24, 2.45) is 0 Å². The molecule has 1 heterocycles. The van der Waals surface area contributed by atoms with Crippen LogP contribution in [-0.4, -0.2) is 57.9 Å². The molecule has 0 bridgehead atoms. The fourth-order valence-corrected chi connectivity index (χ4v) is 4.30. The number of carbonyl (C=O) groups excluding carboxylic acids is 1. The normalized spacial score (nSPS) is 15.0. The highest BCUT2D eigenvalue weighted by molar-refractivity contribution is 8.00. The number of phenols is 2. The summed E-state index contributed by atoms with van der Waals surface area (Å²) in [5, 5.41) is 20.2. The van der Waals surface area contributed by atoms with Gasteiger partial charge in [-0.3, -0.25) is 4.90 Å². The lowest BCUT2D eigenvalue weighted by molar-refractivity contribution is 0.0139. The van der Waals surface area contributed by atoms with Crippen molar-refractivity contribution in [2.75, 3.05) is 30.9 Å². The minimum Gasteiger partial charge on any atom is -0.508 e. The van der Waals surface area contributed by atoms with E-state index in [2.05, 4.69) is 21.8 Å². The van der Waals surface area contributed by atoms with Crippen molar-refractivity contribution < 1.29 is 19.7 Å². The molecule has 2 aromatic carbocycles. The lowest BCUT2D eigenvalue weighted by Gasteiger charge is -2.35. The Kier molecular flexibility index (Phi) is 8.02. The van der Waals surface area contributed by atoms with Gasteiger partial charge in [-0.15, -0.1) is 0 Å². The number of ether oxygens (including phenoxy) is 1. The van der Waals surface area contributed by atoms with Crippen LogP contribution in [0.5, 0.6) is 11.5 Å². The Balaban J connectivity index is 1.50. The van der Waals surface area contributed by atoms with Gasteiger partial charge in [0.2, 0.25) is 0 Å². The van der Waals surface area contributed by atoms with Gasteiger partial charge < -0.3 is 24.6 Å². The summed E-state index contributed by atoms with van der Waals surface area (Å²) in [5.41, 5.74) is 2.46. The van der Waals surface area contributed by atoms with Gasteiger partial charge in [0.05, 0.1) is 4.90 Å². The van der Waals surface area contributed by atoms with E-state index in [4.69, 9.17) is 4.74 Å². The Morgan fingerprint density at radius 3 is 2.27 bits per heavy atom. The van der Waals surface area contributed by atoms with Gasteiger partial charge in [0.25, 0.3) is 0 Å². The smallest absolute Gasteiger partial charge is 0.410 e. The molecular weight excluding hydrogens is 438 g/mol. The first-order valence-electron chi connectivity index (χ1n) is 11.3. The fraction of sp³-hybridized carbons (Fsp3) is 0.480. The van der Waals surface area contributed by atoms with Crippen molar-refractivity contribution in [2.45, 2.75) is 57.6 Å². The second-order valence-corrected chi connectivity index (χ2v) is 10.5. The molecule has 7 nitrogen and oxygen atoms in total. The Morgan fingerprint density at radius 1 is 1.06 bits per heavy atom. The van der Waals surface area contributed by atoms with Crippen LogP contribution in [0.2, 0.25) is 0 Å². The van der Waals surface area contributed by atoms with Gasteiger partial charge in [-0.1, -0.05) is 26.0 Å². The number of rotatable bonds is 6.